The summed E-state index contributed by atoms with van der Waals surface area (Å²) < 4.78 is 15.4. The molecule has 6 heteroatoms. The molecule has 0 bridgehead atoms. The van der Waals surface area contributed by atoms with Crippen LogP contribution in [0.5, 0.6) is 5.75 Å². The quantitative estimate of drug-likeness (QED) is 0.551. The van der Waals surface area contributed by atoms with E-state index in [4.69, 9.17) is 14.2 Å². The third-order valence-electron chi connectivity index (χ3n) is 3.40. The number of hydrogen-bond acceptors (Lipinski definition) is 5. The number of carbonyl (C=O) groups excluding carboxylic acids is 2. The van der Waals surface area contributed by atoms with Gasteiger partial charge in [-0.2, -0.15) is 0 Å². The molecule has 0 aromatic heterocycles. The van der Waals surface area contributed by atoms with E-state index in [9.17, 15) is 9.59 Å². The van der Waals surface area contributed by atoms with Gasteiger partial charge in [0.2, 0.25) is 6.79 Å². The van der Waals surface area contributed by atoms with Crippen LogP contribution in [-0.4, -0.2) is 31.5 Å². The van der Waals surface area contributed by atoms with Crippen molar-refractivity contribution in [1.29, 1.82) is 0 Å². The van der Waals surface area contributed by atoms with Crippen LogP contribution in [0.2, 0.25) is 0 Å². The van der Waals surface area contributed by atoms with Crippen molar-refractivity contribution in [3.8, 4) is 5.75 Å². The Kier molecular flexibility index (Phi) is 8.68. The van der Waals surface area contributed by atoms with Crippen molar-refractivity contribution in [1.82, 2.24) is 5.32 Å². The van der Waals surface area contributed by atoms with Gasteiger partial charge in [-0.25, -0.2) is 4.79 Å². The van der Waals surface area contributed by atoms with Gasteiger partial charge in [-0.05, 0) is 38.3 Å². The molecule has 0 aliphatic rings. The summed E-state index contributed by atoms with van der Waals surface area (Å²) in [5.41, 5.74) is 2.09. The van der Waals surface area contributed by atoms with Gasteiger partial charge < -0.3 is 19.5 Å². The van der Waals surface area contributed by atoms with Crippen molar-refractivity contribution in [2.75, 3.05) is 13.4 Å². The van der Waals surface area contributed by atoms with E-state index in [1.54, 1.807) is 0 Å². The van der Waals surface area contributed by atoms with Crippen LogP contribution in [0.4, 0.5) is 4.79 Å². The second-order valence-corrected chi connectivity index (χ2v) is 5.75. The topological polar surface area (TPSA) is 73.9 Å². The van der Waals surface area contributed by atoms with Gasteiger partial charge in [0.25, 0.3) is 0 Å². The third-order valence-corrected chi connectivity index (χ3v) is 3.40. The number of aryl methyl sites for hydroxylation is 2. The molecule has 0 fully saturated rings. The minimum absolute atomic E-state index is 0.243. The van der Waals surface area contributed by atoms with Crippen LogP contribution < -0.4 is 10.1 Å². The minimum Gasteiger partial charge on any atom is -0.491 e. The van der Waals surface area contributed by atoms with Gasteiger partial charge in [-0.3, -0.25) is 4.79 Å². The van der Waals surface area contributed by atoms with Gasteiger partial charge in [-0.15, -0.1) is 0 Å². The fourth-order valence-corrected chi connectivity index (χ4v) is 2.06. The molecule has 0 aliphatic heterocycles. The summed E-state index contributed by atoms with van der Waals surface area (Å²) in [5, 5.41) is 2.63. The highest BCUT2D eigenvalue weighted by molar-refractivity contribution is 5.70. The molecule has 24 heavy (non-hydrogen) atoms. The monoisotopic (exact) mass is 337 g/mol. The highest BCUT2D eigenvalue weighted by Crippen LogP contribution is 2.22. The van der Waals surface area contributed by atoms with Crippen molar-refractivity contribution < 1.29 is 23.8 Å². The first kappa shape index (κ1) is 19.8. The summed E-state index contributed by atoms with van der Waals surface area (Å²) in [7, 11) is 0. The molecule has 1 aromatic carbocycles. The van der Waals surface area contributed by atoms with Crippen molar-refractivity contribution in [2.24, 2.45) is 0 Å². The lowest BCUT2D eigenvalue weighted by molar-refractivity contribution is -0.152. The van der Waals surface area contributed by atoms with Crippen LogP contribution in [0.15, 0.2) is 18.2 Å². The summed E-state index contributed by atoms with van der Waals surface area (Å²) in [5.74, 6) is 0.459. The van der Waals surface area contributed by atoms with Crippen LogP contribution >= 0.6 is 0 Å². The number of esters is 1. The molecular formula is C18H27NO5. The molecule has 0 saturated carbocycles. The maximum Gasteiger partial charge on any atom is 0.410 e. The number of ether oxygens (including phenoxy) is 3. The molecule has 1 rings (SSSR count). The number of carbonyl (C=O) groups is 2. The Bertz CT molecular complexity index is 524. The first-order chi connectivity index (χ1) is 11.4. The highest BCUT2D eigenvalue weighted by atomic mass is 16.7. The zero-order chi connectivity index (χ0) is 17.9. The molecule has 0 spiro atoms. The Morgan fingerprint density at radius 2 is 1.83 bits per heavy atom. The summed E-state index contributed by atoms with van der Waals surface area (Å²) in [6.07, 6.45) is 1.36. The molecule has 0 radical (unpaired) electrons. The van der Waals surface area contributed by atoms with Crippen LogP contribution in [0.1, 0.15) is 44.2 Å². The smallest absolute Gasteiger partial charge is 0.410 e. The normalized spacial score (nSPS) is 11.5. The average molecular weight is 337 g/mol. The van der Waals surface area contributed by atoms with E-state index in [-0.39, 0.29) is 18.8 Å². The van der Waals surface area contributed by atoms with Crippen molar-refractivity contribution in [3.05, 3.63) is 29.3 Å². The number of para-hydroxylation sites is 1. The van der Waals surface area contributed by atoms with Crippen LogP contribution in [0, 0.1) is 13.8 Å². The second kappa shape index (κ2) is 10.5. The molecule has 1 atom stereocenters. The molecule has 0 aliphatic carbocycles. The number of amides is 1. The third kappa shape index (κ3) is 7.35. The molecule has 0 saturated heterocycles. The fourth-order valence-electron chi connectivity index (χ4n) is 2.06. The van der Waals surface area contributed by atoms with E-state index in [0.29, 0.717) is 13.0 Å². The van der Waals surface area contributed by atoms with E-state index in [1.807, 2.05) is 45.9 Å². The van der Waals surface area contributed by atoms with Crippen LogP contribution in [0.25, 0.3) is 0 Å². The Balaban J connectivity index is 2.26. The lowest BCUT2D eigenvalue weighted by atomic mass is 10.1. The second-order valence-electron chi connectivity index (χ2n) is 5.75. The zero-order valence-electron chi connectivity index (χ0n) is 14.9. The Hall–Kier alpha value is -2.24. The molecule has 6 nitrogen and oxygen atoms in total. The molecule has 134 valence electrons. The molecular weight excluding hydrogens is 310 g/mol. The SMILES string of the molecule is CCCCC(=O)OCOC(=O)NC(C)COc1c(C)cccc1C. The van der Waals surface area contributed by atoms with Gasteiger partial charge in [0.15, 0.2) is 0 Å². The van der Waals surface area contributed by atoms with E-state index in [1.165, 1.54) is 0 Å². The summed E-state index contributed by atoms with van der Waals surface area (Å²) >= 11 is 0. The van der Waals surface area contributed by atoms with Gasteiger partial charge in [-0.1, -0.05) is 31.5 Å². The molecule has 0 heterocycles. The van der Waals surface area contributed by atoms with Crippen molar-refractivity contribution in [2.45, 2.75) is 53.0 Å². The summed E-state index contributed by atoms with van der Waals surface area (Å²) in [6, 6.07) is 5.67. The maximum absolute atomic E-state index is 11.6. The van der Waals surface area contributed by atoms with E-state index >= 15 is 0 Å². The lowest BCUT2D eigenvalue weighted by Crippen LogP contribution is -2.37. The minimum atomic E-state index is -0.643. The highest BCUT2D eigenvalue weighted by Gasteiger charge is 2.11. The Morgan fingerprint density at radius 1 is 1.17 bits per heavy atom. The number of rotatable bonds is 9. The lowest BCUT2D eigenvalue weighted by Gasteiger charge is -2.17. The van der Waals surface area contributed by atoms with E-state index in [2.05, 4.69) is 5.32 Å². The number of hydrogen-bond donors (Lipinski definition) is 1. The standard InChI is InChI=1S/C18H27NO5/c1-5-6-10-16(20)23-12-24-18(21)19-15(4)11-22-17-13(2)8-7-9-14(17)3/h7-9,15H,5-6,10-12H2,1-4H3,(H,19,21). The van der Waals surface area contributed by atoms with Gasteiger partial charge in [0.05, 0.1) is 6.04 Å². The number of alkyl carbamates (subject to hydrolysis) is 1. The predicted octanol–water partition coefficient (Wildman–Crippen LogP) is 3.49. The van der Waals surface area contributed by atoms with Crippen molar-refractivity contribution in [3.63, 3.8) is 0 Å². The van der Waals surface area contributed by atoms with Gasteiger partial charge in [0, 0.05) is 6.42 Å². The first-order valence-corrected chi connectivity index (χ1v) is 8.22. The van der Waals surface area contributed by atoms with Gasteiger partial charge >= 0.3 is 12.1 Å². The number of benzene rings is 1. The largest absolute Gasteiger partial charge is 0.491 e. The summed E-state index contributed by atoms with van der Waals surface area (Å²) in [4.78, 5) is 22.9. The molecule has 1 aromatic rings. The molecule has 1 N–H and O–H groups in total. The Labute approximate surface area is 143 Å². The fraction of sp³-hybridized carbons (Fsp3) is 0.556. The zero-order valence-corrected chi connectivity index (χ0v) is 14.9. The average Bonchev–Trinajstić information content (AvgIpc) is 2.52. The summed E-state index contributed by atoms with van der Waals surface area (Å²) in [6.45, 7) is 7.68. The van der Waals surface area contributed by atoms with Crippen LogP contribution in [0.3, 0.4) is 0 Å². The van der Waals surface area contributed by atoms with E-state index in [0.717, 1.165) is 29.7 Å². The number of unbranched alkanes of at least 4 members (excludes halogenated alkanes) is 1. The number of nitrogens with one attached hydrogen (secondary N) is 1. The van der Waals surface area contributed by atoms with Crippen LogP contribution in [-0.2, 0) is 14.3 Å². The van der Waals surface area contributed by atoms with Crippen molar-refractivity contribution >= 4 is 12.1 Å². The molecule has 1 amide bonds. The first-order valence-electron chi connectivity index (χ1n) is 8.22. The predicted molar refractivity (Wildman–Crippen MR) is 91.0 cm³/mol. The van der Waals surface area contributed by atoms with E-state index < -0.39 is 6.09 Å². The molecule has 1 unspecified atom stereocenters. The van der Waals surface area contributed by atoms with Gasteiger partial charge in [0.1, 0.15) is 12.4 Å². The Morgan fingerprint density at radius 3 is 2.46 bits per heavy atom. The maximum atomic E-state index is 11.6.